The van der Waals surface area contributed by atoms with Gasteiger partial charge in [0, 0.05) is 20.5 Å². The summed E-state index contributed by atoms with van der Waals surface area (Å²) < 4.78 is 0. The maximum Gasteiger partial charge on any atom is 0.251 e. The highest BCUT2D eigenvalue weighted by atomic mass is 16.1. The average Bonchev–Trinajstić information content (AvgIpc) is 2.60. The summed E-state index contributed by atoms with van der Waals surface area (Å²) in [7, 11) is 0. The Labute approximate surface area is 120 Å². The van der Waals surface area contributed by atoms with Crippen LogP contribution in [0.25, 0.3) is 0 Å². The molecule has 0 aliphatic carbocycles. The Hall–Kier alpha value is -1.25. The van der Waals surface area contributed by atoms with E-state index < -0.39 is 0 Å². The first-order valence-electron chi connectivity index (χ1n) is 6.70. The number of hydrogen-bond acceptors (Lipinski definition) is 1. The highest BCUT2D eigenvalue weighted by molar-refractivity contribution is 5.98. The van der Waals surface area contributed by atoms with Crippen molar-refractivity contribution in [1.82, 2.24) is 5.32 Å². The number of carbonyl (C=O) groups is 1. The van der Waals surface area contributed by atoms with Crippen molar-refractivity contribution >= 4 is 14.3 Å². The topological polar surface area (TPSA) is 29.1 Å². The molecule has 0 unspecified atom stereocenters. The maximum atomic E-state index is 11.0. The number of fused-ring (bicyclic) bond motifs is 1. The van der Waals surface area contributed by atoms with Crippen LogP contribution in [0.15, 0.2) is 24.3 Å². The Morgan fingerprint density at radius 1 is 0.947 bits per heavy atom. The van der Waals surface area contributed by atoms with Crippen molar-refractivity contribution in [2.24, 2.45) is 11.8 Å². The maximum absolute atomic E-state index is 11.0. The van der Waals surface area contributed by atoms with E-state index in [0.29, 0.717) is 6.54 Å². The van der Waals surface area contributed by atoms with Crippen LogP contribution in [0.3, 0.4) is 0 Å². The molecule has 0 spiro atoms. The first-order chi connectivity index (χ1) is 8.34. The van der Waals surface area contributed by atoms with Gasteiger partial charge in [0.15, 0.2) is 0 Å². The van der Waals surface area contributed by atoms with E-state index in [1.54, 1.807) is 0 Å². The van der Waals surface area contributed by atoms with Gasteiger partial charge in [-0.25, -0.2) is 0 Å². The monoisotopic (exact) mass is 260 g/mol. The summed E-state index contributed by atoms with van der Waals surface area (Å²) in [4.78, 5) is 11.0. The molecule has 105 valence electrons. The van der Waals surface area contributed by atoms with Gasteiger partial charge in [0.1, 0.15) is 0 Å². The van der Waals surface area contributed by atoms with Gasteiger partial charge in [0.2, 0.25) is 0 Å². The van der Waals surface area contributed by atoms with Crippen LogP contribution in [0.5, 0.6) is 0 Å². The largest absolute Gasteiger partial charge is 0.348 e. The van der Waals surface area contributed by atoms with E-state index in [2.05, 4.69) is 46.9 Å². The number of rotatable bonds is 0. The molecule has 1 N–H and O–H groups in total. The quantitative estimate of drug-likeness (QED) is 0.705. The van der Waals surface area contributed by atoms with Gasteiger partial charge in [0.05, 0.1) is 0 Å². The molecule has 1 amide bonds. The van der Waals surface area contributed by atoms with Crippen molar-refractivity contribution < 1.29 is 4.79 Å². The van der Waals surface area contributed by atoms with Crippen LogP contribution in [0.2, 0.25) is 0 Å². The zero-order chi connectivity index (χ0) is 14.1. The molecular formula is C16H27BNO. The van der Waals surface area contributed by atoms with Crippen LogP contribution in [-0.2, 0) is 6.54 Å². The van der Waals surface area contributed by atoms with Crippen molar-refractivity contribution in [3.05, 3.63) is 35.4 Å². The summed E-state index contributed by atoms with van der Waals surface area (Å²) in [5.74, 6) is 1.72. The molecule has 2 rings (SSSR count). The lowest BCUT2D eigenvalue weighted by molar-refractivity contribution is 0.0966. The molecule has 1 aromatic carbocycles. The first kappa shape index (κ1) is 20.1. The summed E-state index contributed by atoms with van der Waals surface area (Å²) in [5, 5.41) is 2.75. The van der Waals surface area contributed by atoms with Gasteiger partial charge in [-0.2, -0.15) is 0 Å². The average molecular weight is 260 g/mol. The molecule has 1 heterocycles. The van der Waals surface area contributed by atoms with Gasteiger partial charge >= 0.3 is 0 Å². The molecule has 0 aromatic heterocycles. The van der Waals surface area contributed by atoms with E-state index >= 15 is 0 Å². The Morgan fingerprint density at radius 2 is 1.37 bits per heavy atom. The Bertz CT molecular complexity index is 350. The van der Waals surface area contributed by atoms with Gasteiger partial charge in [-0.15, -0.1) is 0 Å². The minimum Gasteiger partial charge on any atom is -0.348 e. The number of hydrogen-bond donors (Lipinski definition) is 1. The first-order valence-corrected chi connectivity index (χ1v) is 6.70. The predicted molar refractivity (Wildman–Crippen MR) is 84.4 cm³/mol. The second-order valence-electron chi connectivity index (χ2n) is 5.80. The molecule has 2 nitrogen and oxygen atoms in total. The molecule has 0 fully saturated rings. The Morgan fingerprint density at radius 3 is 1.79 bits per heavy atom. The van der Waals surface area contributed by atoms with Gasteiger partial charge in [-0.3, -0.25) is 4.79 Å². The fraction of sp³-hybridized carbons (Fsp3) is 0.562. The zero-order valence-electron chi connectivity index (χ0n) is 13.2. The highest BCUT2D eigenvalue weighted by Crippen LogP contribution is 2.13. The molecule has 1 aliphatic rings. The number of benzene rings is 1. The van der Waals surface area contributed by atoms with Crippen molar-refractivity contribution in [3.8, 4) is 0 Å². The van der Waals surface area contributed by atoms with Crippen molar-refractivity contribution in [2.75, 3.05) is 0 Å². The fourth-order valence-electron chi connectivity index (χ4n) is 1.17. The SMILES string of the molecule is CC(C)C.CC(C)C.O=C1NCc2ccccc21.[B]. The molecule has 0 saturated heterocycles. The third-order valence-corrected chi connectivity index (χ3v) is 1.70. The zero-order valence-corrected chi connectivity index (χ0v) is 13.2. The van der Waals surface area contributed by atoms with Crippen molar-refractivity contribution in [3.63, 3.8) is 0 Å². The summed E-state index contributed by atoms with van der Waals surface area (Å²) in [5.41, 5.74) is 1.93. The molecule has 0 atom stereocenters. The molecule has 3 radical (unpaired) electrons. The van der Waals surface area contributed by atoms with Crippen LogP contribution in [-0.4, -0.2) is 14.3 Å². The van der Waals surface area contributed by atoms with Crippen LogP contribution in [0, 0.1) is 11.8 Å². The van der Waals surface area contributed by atoms with E-state index in [9.17, 15) is 4.79 Å². The van der Waals surface area contributed by atoms with Crippen molar-refractivity contribution in [2.45, 2.75) is 48.1 Å². The number of nitrogens with one attached hydrogen (secondary N) is 1. The highest BCUT2D eigenvalue weighted by Gasteiger charge is 2.16. The smallest absolute Gasteiger partial charge is 0.251 e. The summed E-state index contributed by atoms with van der Waals surface area (Å²) in [6.45, 7) is 13.7. The lowest BCUT2D eigenvalue weighted by Gasteiger charge is -1.89. The van der Waals surface area contributed by atoms with E-state index in [1.165, 1.54) is 0 Å². The third-order valence-electron chi connectivity index (χ3n) is 1.70. The Balaban J connectivity index is 0. The number of amides is 1. The van der Waals surface area contributed by atoms with Crippen LogP contribution in [0.1, 0.15) is 57.5 Å². The van der Waals surface area contributed by atoms with Crippen LogP contribution >= 0.6 is 0 Å². The summed E-state index contributed by atoms with van der Waals surface area (Å²) >= 11 is 0. The fourth-order valence-corrected chi connectivity index (χ4v) is 1.17. The van der Waals surface area contributed by atoms with Crippen LogP contribution in [0.4, 0.5) is 0 Å². The predicted octanol–water partition coefficient (Wildman–Crippen LogP) is 3.87. The Kier molecular flexibility index (Phi) is 11.3. The second kappa shape index (κ2) is 10.7. The van der Waals surface area contributed by atoms with E-state index in [0.717, 1.165) is 23.0 Å². The minimum atomic E-state index is 0. The molecule has 1 aromatic rings. The minimum absolute atomic E-state index is 0. The summed E-state index contributed by atoms with van der Waals surface area (Å²) in [6.07, 6.45) is 0. The van der Waals surface area contributed by atoms with Gasteiger partial charge in [-0.1, -0.05) is 59.7 Å². The molecule has 0 saturated carbocycles. The standard InChI is InChI=1S/C8H7NO.2C4H10.B/c10-8-7-4-2-1-3-6(7)5-9-8;2*1-4(2)3;/h1-4H,5H2,(H,9,10);2*4H,1-3H3;. The van der Waals surface area contributed by atoms with Gasteiger partial charge in [-0.05, 0) is 23.5 Å². The molecular weight excluding hydrogens is 233 g/mol. The van der Waals surface area contributed by atoms with Crippen molar-refractivity contribution in [1.29, 1.82) is 0 Å². The normalized spacial score (nSPS) is 11.5. The van der Waals surface area contributed by atoms with Gasteiger partial charge in [0.25, 0.3) is 5.91 Å². The van der Waals surface area contributed by atoms with E-state index in [4.69, 9.17) is 0 Å². The van der Waals surface area contributed by atoms with E-state index in [-0.39, 0.29) is 14.3 Å². The molecule has 0 bridgehead atoms. The molecule has 3 heteroatoms. The van der Waals surface area contributed by atoms with Crippen LogP contribution < -0.4 is 5.32 Å². The number of carbonyl (C=O) groups excluding carboxylic acids is 1. The lowest BCUT2D eigenvalue weighted by atomic mass is 10.1. The molecule has 19 heavy (non-hydrogen) atoms. The van der Waals surface area contributed by atoms with E-state index in [1.807, 2.05) is 24.3 Å². The lowest BCUT2D eigenvalue weighted by Crippen LogP contribution is -2.12. The third kappa shape index (κ3) is 10.4. The second-order valence-corrected chi connectivity index (χ2v) is 5.80. The van der Waals surface area contributed by atoms with Gasteiger partial charge < -0.3 is 5.32 Å². The molecule has 1 aliphatic heterocycles. The summed E-state index contributed by atoms with van der Waals surface area (Å²) in [6, 6.07) is 7.63.